The van der Waals surface area contributed by atoms with Crippen molar-refractivity contribution in [2.24, 2.45) is 5.73 Å². The molecule has 0 aliphatic rings. The van der Waals surface area contributed by atoms with Gasteiger partial charge in [0.05, 0.1) is 7.11 Å². The fourth-order valence-electron chi connectivity index (χ4n) is 1.08. The summed E-state index contributed by atoms with van der Waals surface area (Å²) >= 11 is 5.63. The average molecular weight is 214 g/mol. The highest BCUT2D eigenvalue weighted by molar-refractivity contribution is 6.17. The van der Waals surface area contributed by atoms with Crippen LogP contribution in [0.4, 0.5) is 0 Å². The Bertz CT molecular complexity index is 310. The molecule has 0 saturated heterocycles. The van der Waals surface area contributed by atoms with E-state index in [2.05, 4.69) is 4.74 Å². The van der Waals surface area contributed by atoms with Crippen molar-refractivity contribution in [3.63, 3.8) is 0 Å². The largest absolute Gasteiger partial charge is 0.468 e. The highest BCUT2D eigenvalue weighted by Gasteiger charge is 2.15. The van der Waals surface area contributed by atoms with Gasteiger partial charge in [0.25, 0.3) is 0 Å². The number of benzene rings is 1. The first-order valence-electron chi connectivity index (χ1n) is 4.17. The summed E-state index contributed by atoms with van der Waals surface area (Å²) in [5.74, 6) is 0.0110. The monoisotopic (exact) mass is 213 g/mol. The second kappa shape index (κ2) is 4.98. The molecule has 76 valence electrons. The van der Waals surface area contributed by atoms with Crippen LogP contribution in [0.3, 0.4) is 0 Å². The fraction of sp³-hybridized carbons (Fsp3) is 0.300. The van der Waals surface area contributed by atoms with Crippen LogP contribution in [0.25, 0.3) is 0 Å². The molecule has 0 radical (unpaired) electrons. The van der Waals surface area contributed by atoms with Crippen molar-refractivity contribution in [3.05, 3.63) is 35.4 Å². The highest BCUT2D eigenvalue weighted by atomic mass is 35.5. The van der Waals surface area contributed by atoms with Crippen LogP contribution in [0.5, 0.6) is 0 Å². The molecule has 3 nitrogen and oxygen atoms in total. The van der Waals surface area contributed by atoms with Crippen molar-refractivity contribution in [2.45, 2.75) is 11.9 Å². The Morgan fingerprint density at radius 2 is 2.07 bits per heavy atom. The van der Waals surface area contributed by atoms with Gasteiger partial charge < -0.3 is 10.5 Å². The van der Waals surface area contributed by atoms with Gasteiger partial charge in [-0.25, -0.2) is 0 Å². The summed E-state index contributed by atoms with van der Waals surface area (Å²) in [7, 11) is 1.31. The zero-order valence-electron chi connectivity index (χ0n) is 7.87. The number of methoxy groups -OCH3 is 1. The fourth-order valence-corrected chi connectivity index (χ4v) is 1.26. The van der Waals surface area contributed by atoms with Crippen LogP contribution < -0.4 is 5.73 Å². The Labute approximate surface area is 87.8 Å². The van der Waals surface area contributed by atoms with Crippen LogP contribution in [-0.2, 0) is 15.4 Å². The van der Waals surface area contributed by atoms with Crippen LogP contribution in [0.2, 0.25) is 0 Å². The molecule has 0 amide bonds. The van der Waals surface area contributed by atoms with Crippen LogP contribution in [0.15, 0.2) is 24.3 Å². The molecular weight excluding hydrogens is 202 g/mol. The number of hydrogen-bond acceptors (Lipinski definition) is 3. The van der Waals surface area contributed by atoms with E-state index in [0.29, 0.717) is 5.88 Å². The smallest absolute Gasteiger partial charge is 0.327 e. The van der Waals surface area contributed by atoms with Gasteiger partial charge in [0.15, 0.2) is 0 Å². The maximum Gasteiger partial charge on any atom is 0.327 e. The second-order valence-corrected chi connectivity index (χ2v) is 3.14. The van der Waals surface area contributed by atoms with Crippen LogP contribution in [0.1, 0.15) is 17.2 Å². The molecule has 0 spiro atoms. The summed E-state index contributed by atoms with van der Waals surface area (Å²) < 4.78 is 4.53. The lowest BCUT2D eigenvalue weighted by Crippen LogP contribution is -2.22. The summed E-state index contributed by atoms with van der Waals surface area (Å²) in [4.78, 5) is 11.1. The molecule has 1 unspecified atom stereocenters. The summed E-state index contributed by atoms with van der Waals surface area (Å²) in [6.45, 7) is 0. The summed E-state index contributed by atoms with van der Waals surface area (Å²) in [5.41, 5.74) is 7.35. The lowest BCUT2D eigenvalue weighted by Gasteiger charge is -2.09. The molecule has 0 aromatic heterocycles. The molecule has 0 bridgehead atoms. The number of hydrogen-bond donors (Lipinski definition) is 1. The maximum atomic E-state index is 11.1. The molecule has 2 N–H and O–H groups in total. The molecule has 1 rings (SSSR count). The minimum absolute atomic E-state index is 0.441. The Hall–Kier alpha value is -1.06. The normalized spacial score (nSPS) is 12.2. The van der Waals surface area contributed by atoms with E-state index in [1.807, 2.05) is 12.1 Å². The lowest BCUT2D eigenvalue weighted by molar-refractivity contribution is -0.142. The molecule has 0 fully saturated rings. The highest BCUT2D eigenvalue weighted by Crippen LogP contribution is 2.13. The van der Waals surface area contributed by atoms with Crippen molar-refractivity contribution in [1.29, 1.82) is 0 Å². The maximum absolute atomic E-state index is 11.1. The van der Waals surface area contributed by atoms with E-state index in [9.17, 15) is 4.79 Å². The van der Waals surface area contributed by atoms with Gasteiger partial charge in [-0.2, -0.15) is 0 Å². The van der Waals surface area contributed by atoms with Gasteiger partial charge in [0.1, 0.15) is 6.04 Å². The number of ether oxygens (including phenoxy) is 1. The Morgan fingerprint density at radius 1 is 1.50 bits per heavy atom. The molecule has 0 aliphatic carbocycles. The first kappa shape index (κ1) is 11.0. The lowest BCUT2D eigenvalue weighted by atomic mass is 10.1. The van der Waals surface area contributed by atoms with E-state index >= 15 is 0 Å². The zero-order chi connectivity index (χ0) is 10.6. The van der Waals surface area contributed by atoms with Crippen LogP contribution >= 0.6 is 11.6 Å². The Morgan fingerprint density at radius 3 is 2.50 bits per heavy atom. The minimum atomic E-state index is -0.718. The average Bonchev–Trinajstić information content (AvgIpc) is 2.27. The third kappa shape index (κ3) is 2.47. The van der Waals surface area contributed by atoms with Crippen LogP contribution in [-0.4, -0.2) is 13.1 Å². The third-order valence-corrected chi connectivity index (χ3v) is 2.26. The van der Waals surface area contributed by atoms with E-state index in [-0.39, 0.29) is 0 Å². The van der Waals surface area contributed by atoms with Crippen molar-refractivity contribution in [2.75, 3.05) is 7.11 Å². The number of alkyl halides is 1. The number of carbonyl (C=O) groups excluding carboxylic acids is 1. The van der Waals surface area contributed by atoms with Crippen molar-refractivity contribution < 1.29 is 9.53 Å². The molecule has 14 heavy (non-hydrogen) atoms. The quantitative estimate of drug-likeness (QED) is 0.613. The molecule has 4 heteroatoms. The van der Waals surface area contributed by atoms with Crippen LogP contribution in [0, 0.1) is 0 Å². The van der Waals surface area contributed by atoms with Gasteiger partial charge in [0.2, 0.25) is 0 Å². The summed E-state index contributed by atoms with van der Waals surface area (Å²) in [6, 6.07) is 6.51. The Balaban J connectivity index is 2.81. The number of carbonyl (C=O) groups is 1. The summed E-state index contributed by atoms with van der Waals surface area (Å²) in [6.07, 6.45) is 0. The predicted octanol–water partition coefficient (Wildman–Crippen LogP) is 1.60. The van der Waals surface area contributed by atoms with Crippen molar-refractivity contribution in [3.8, 4) is 0 Å². The molecule has 1 atom stereocenters. The SMILES string of the molecule is COC(=O)C(N)c1ccc(CCl)cc1. The Kier molecular flexibility index (Phi) is 3.92. The molecular formula is C10H12ClNO2. The van der Waals surface area contributed by atoms with Gasteiger partial charge in [-0.15, -0.1) is 11.6 Å². The second-order valence-electron chi connectivity index (χ2n) is 2.88. The summed E-state index contributed by atoms with van der Waals surface area (Å²) in [5, 5.41) is 0. The third-order valence-electron chi connectivity index (χ3n) is 1.95. The first-order valence-corrected chi connectivity index (χ1v) is 4.70. The van der Waals surface area contributed by atoms with Crippen molar-refractivity contribution in [1.82, 2.24) is 0 Å². The minimum Gasteiger partial charge on any atom is -0.468 e. The van der Waals surface area contributed by atoms with Gasteiger partial charge in [-0.1, -0.05) is 24.3 Å². The van der Waals surface area contributed by atoms with E-state index in [4.69, 9.17) is 17.3 Å². The number of nitrogens with two attached hydrogens (primary N) is 1. The topological polar surface area (TPSA) is 52.3 Å². The van der Waals surface area contributed by atoms with E-state index < -0.39 is 12.0 Å². The standard InChI is InChI=1S/C10H12ClNO2/c1-14-10(13)9(12)8-4-2-7(6-11)3-5-8/h2-5,9H,6,12H2,1H3. The predicted molar refractivity (Wildman–Crippen MR) is 54.9 cm³/mol. The number of halogens is 1. The van der Waals surface area contributed by atoms with E-state index in [0.717, 1.165) is 11.1 Å². The number of esters is 1. The van der Waals surface area contributed by atoms with Crippen molar-refractivity contribution >= 4 is 17.6 Å². The number of rotatable bonds is 3. The zero-order valence-corrected chi connectivity index (χ0v) is 8.62. The van der Waals surface area contributed by atoms with Gasteiger partial charge in [-0.3, -0.25) is 4.79 Å². The molecule has 0 saturated carbocycles. The molecule has 0 heterocycles. The van der Waals surface area contributed by atoms with Gasteiger partial charge in [0, 0.05) is 5.88 Å². The molecule has 1 aromatic rings. The molecule has 0 aliphatic heterocycles. The van der Waals surface area contributed by atoms with E-state index in [1.165, 1.54) is 7.11 Å². The van der Waals surface area contributed by atoms with Gasteiger partial charge in [-0.05, 0) is 11.1 Å². The molecule has 1 aromatic carbocycles. The van der Waals surface area contributed by atoms with E-state index in [1.54, 1.807) is 12.1 Å². The van der Waals surface area contributed by atoms with Gasteiger partial charge >= 0.3 is 5.97 Å². The first-order chi connectivity index (χ1) is 6.69.